The van der Waals surface area contributed by atoms with Crippen LogP contribution < -0.4 is 16.4 Å². The Kier molecular flexibility index (Phi) is 4.93. The number of hydrogen-bond acceptors (Lipinski definition) is 4. The third kappa shape index (κ3) is 4.10. The molecule has 92 valence electrons. The summed E-state index contributed by atoms with van der Waals surface area (Å²) in [5.74, 6) is -0.580. The van der Waals surface area contributed by atoms with E-state index >= 15 is 0 Å². The number of hydrogen-bond donors (Lipinski definition) is 3. The Hall–Kier alpha value is -2.11. The van der Waals surface area contributed by atoms with E-state index in [1.807, 2.05) is 0 Å². The molecule has 0 unspecified atom stereocenters. The smallest absolute Gasteiger partial charge is 0.254 e. The van der Waals surface area contributed by atoms with Crippen LogP contribution in [0.3, 0.4) is 0 Å². The highest BCUT2D eigenvalue weighted by Gasteiger charge is 2.09. The highest BCUT2D eigenvalue weighted by Crippen LogP contribution is 2.11. The normalized spacial score (nSPS) is 9.71. The fraction of sp³-hybridized carbons (Fsp3) is 0.364. The zero-order valence-corrected chi connectivity index (χ0v) is 9.69. The summed E-state index contributed by atoms with van der Waals surface area (Å²) in [7, 11) is 1.74. The number of amides is 2. The molecule has 6 heteroatoms. The van der Waals surface area contributed by atoms with Crippen molar-refractivity contribution >= 4 is 17.5 Å². The Morgan fingerprint density at radius 2 is 2.24 bits per heavy atom. The molecule has 0 saturated heterocycles. The lowest BCUT2D eigenvalue weighted by Gasteiger charge is -2.08. The van der Waals surface area contributed by atoms with Crippen molar-refractivity contribution in [3.8, 4) is 0 Å². The molecule has 1 aromatic rings. The number of aromatic nitrogens is 1. The van der Waals surface area contributed by atoms with E-state index in [1.54, 1.807) is 19.3 Å². The Morgan fingerprint density at radius 3 is 2.88 bits per heavy atom. The van der Waals surface area contributed by atoms with Crippen LogP contribution in [0.2, 0.25) is 0 Å². The highest BCUT2D eigenvalue weighted by molar-refractivity contribution is 5.99. The van der Waals surface area contributed by atoms with E-state index in [9.17, 15) is 9.59 Å². The van der Waals surface area contributed by atoms with Crippen molar-refractivity contribution in [2.24, 2.45) is 5.73 Å². The van der Waals surface area contributed by atoms with Crippen molar-refractivity contribution in [3.05, 3.63) is 24.0 Å². The van der Waals surface area contributed by atoms with Crippen LogP contribution in [0.1, 0.15) is 23.2 Å². The summed E-state index contributed by atoms with van der Waals surface area (Å²) in [6.45, 7) is 0.416. The summed E-state index contributed by atoms with van der Waals surface area (Å²) in [4.78, 5) is 26.2. The first-order valence-electron chi connectivity index (χ1n) is 5.33. The SMILES string of the molecule is CNc1ccncc1C(=O)NCCCC(N)=O. The van der Waals surface area contributed by atoms with Crippen molar-refractivity contribution < 1.29 is 9.59 Å². The minimum absolute atomic E-state index is 0.216. The first kappa shape index (κ1) is 13.0. The maximum absolute atomic E-state index is 11.8. The molecule has 17 heavy (non-hydrogen) atoms. The number of nitrogens with two attached hydrogens (primary N) is 1. The zero-order valence-electron chi connectivity index (χ0n) is 9.69. The zero-order chi connectivity index (χ0) is 12.7. The Labute approximate surface area is 99.6 Å². The van der Waals surface area contributed by atoms with Gasteiger partial charge in [0.05, 0.1) is 5.56 Å². The van der Waals surface area contributed by atoms with Gasteiger partial charge in [-0.25, -0.2) is 0 Å². The van der Waals surface area contributed by atoms with Crippen molar-refractivity contribution in [2.75, 3.05) is 18.9 Å². The van der Waals surface area contributed by atoms with Crippen LogP contribution in [0.4, 0.5) is 5.69 Å². The van der Waals surface area contributed by atoms with E-state index < -0.39 is 0 Å². The second kappa shape index (κ2) is 6.47. The quantitative estimate of drug-likeness (QED) is 0.611. The molecule has 6 nitrogen and oxygen atoms in total. The summed E-state index contributed by atoms with van der Waals surface area (Å²) in [6, 6.07) is 1.72. The summed E-state index contributed by atoms with van der Waals surface area (Å²) < 4.78 is 0. The fourth-order valence-electron chi connectivity index (χ4n) is 1.35. The summed E-state index contributed by atoms with van der Waals surface area (Å²) in [5, 5.41) is 5.61. The molecule has 0 aliphatic heterocycles. The van der Waals surface area contributed by atoms with Crippen LogP contribution in [0.15, 0.2) is 18.5 Å². The largest absolute Gasteiger partial charge is 0.387 e. The van der Waals surface area contributed by atoms with E-state index in [2.05, 4.69) is 15.6 Å². The molecule has 0 saturated carbocycles. The monoisotopic (exact) mass is 236 g/mol. The number of nitrogens with one attached hydrogen (secondary N) is 2. The molecule has 0 spiro atoms. The average molecular weight is 236 g/mol. The number of nitrogens with zero attached hydrogens (tertiary/aromatic N) is 1. The molecular weight excluding hydrogens is 220 g/mol. The van der Waals surface area contributed by atoms with Crippen LogP contribution in [0, 0.1) is 0 Å². The molecule has 0 aliphatic rings. The van der Waals surface area contributed by atoms with Gasteiger partial charge in [-0.1, -0.05) is 0 Å². The van der Waals surface area contributed by atoms with E-state index in [0.717, 1.165) is 0 Å². The summed E-state index contributed by atoms with van der Waals surface area (Å²) in [6.07, 6.45) is 3.91. The van der Waals surface area contributed by atoms with E-state index in [1.165, 1.54) is 6.20 Å². The Bertz CT molecular complexity index is 406. The standard InChI is InChI=1S/C11H16N4O2/c1-13-9-4-6-14-7-8(9)11(17)15-5-2-3-10(12)16/h4,6-7H,2-3,5H2,1H3,(H2,12,16)(H,13,14)(H,15,17). The number of pyridine rings is 1. The van der Waals surface area contributed by atoms with Crippen molar-refractivity contribution in [1.29, 1.82) is 0 Å². The summed E-state index contributed by atoms with van der Waals surface area (Å²) >= 11 is 0. The third-order valence-electron chi connectivity index (χ3n) is 2.22. The maximum Gasteiger partial charge on any atom is 0.254 e. The highest BCUT2D eigenvalue weighted by atomic mass is 16.2. The minimum atomic E-state index is -0.364. The minimum Gasteiger partial charge on any atom is -0.387 e. The molecule has 1 rings (SSSR count). The second-order valence-corrected chi connectivity index (χ2v) is 3.50. The van der Waals surface area contributed by atoms with Crippen LogP contribution in [0.25, 0.3) is 0 Å². The molecule has 0 bridgehead atoms. The fourth-order valence-corrected chi connectivity index (χ4v) is 1.35. The Balaban J connectivity index is 2.49. The maximum atomic E-state index is 11.8. The topological polar surface area (TPSA) is 97.1 Å². The molecule has 0 atom stereocenters. The van der Waals surface area contributed by atoms with Gasteiger partial charge in [0.1, 0.15) is 0 Å². The van der Waals surface area contributed by atoms with Gasteiger partial charge in [-0.15, -0.1) is 0 Å². The van der Waals surface area contributed by atoms with Gasteiger partial charge in [-0.05, 0) is 12.5 Å². The molecule has 0 radical (unpaired) electrons. The van der Waals surface area contributed by atoms with Gasteiger partial charge in [0.15, 0.2) is 0 Å². The number of carbonyl (C=O) groups excluding carboxylic acids is 2. The van der Waals surface area contributed by atoms with Gasteiger partial charge in [0.2, 0.25) is 5.91 Å². The molecule has 0 aromatic carbocycles. The van der Waals surface area contributed by atoms with E-state index in [-0.39, 0.29) is 18.2 Å². The number of anilines is 1. The second-order valence-electron chi connectivity index (χ2n) is 3.50. The number of rotatable bonds is 6. The average Bonchev–Trinajstić information content (AvgIpc) is 2.34. The number of carbonyl (C=O) groups is 2. The lowest BCUT2D eigenvalue weighted by molar-refractivity contribution is -0.118. The lowest BCUT2D eigenvalue weighted by atomic mass is 10.2. The van der Waals surface area contributed by atoms with Crippen LogP contribution in [-0.4, -0.2) is 30.4 Å². The van der Waals surface area contributed by atoms with Gasteiger partial charge in [-0.3, -0.25) is 14.6 Å². The van der Waals surface area contributed by atoms with Crippen molar-refractivity contribution in [2.45, 2.75) is 12.8 Å². The first-order valence-corrected chi connectivity index (χ1v) is 5.33. The van der Waals surface area contributed by atoms with Gasteiger partial charge in [0.25, 0.3) is 5.91 Å². The Morgan fingerprint density at radius 1 is 1.47 bits per heavy atom. The summed E-state index contributed by atoms with van der Waals surface area (Å²) in [5.41, 5.74) is 6.19. The molecule has 0 aliphatic carbocycles. The third-order valence-corrected chi connectivity index (χ3v) is 2.22. The van der Waals surface area contributed by atoms with Crippen LogP contribution >= 0.6 is 0 Å². The predicted octanol–water partition coefficient (Wildman–Crippen LogP) is 0.119. The molecule has 1 heterocycles. The molecular formula is C11H16N4O2. The molecule has 4 N–H and O–H groups in total. The van der Waals surface area contributed by atoms with Crippen LogP contribution in [-0.2, 0) is 4.79 Å². The van der Waals surface area contributed by atoms with Gasteiger partial charge in [-0.2, -0.15) is 0 Å². The van der Waals surface area contributed by atoms with E-state index in [0.29, 0.717) is 24.2 Å². The van der Waals surface area contributed by atoms with Gasteiger partial charge in [0, 0.05) is 38.1 Å². The lowest BCUT2D eigenvalue weighted by Crippen LogP contribution is -2.26. The first-order chi connectivity index (χ1) is 8.15. The predicted molar refractivity (Wildman–Crippen MR) is 64.5 cm³/mol. The van der Waals surface area contributed by atoms with Gasteiger partial charge >= 0.3 is 0 Å². The van der Waals surface area contributed by atoms with Crippen LogP contribution in [0.5, 0.6) is 0 Å². The number of primary amides is 1. The van der Waals surface area contributed by atoms with Gasteiger partial charge < -0.3 is 16.4 Å². The molecule has 0 fully saturated rings. The molecule has 1 aromatic heterocycles. The van der Waals surface area contributed by atoms with E-state index in [4.69, 9.17) is 5.73 Å². The van der Waals surface area contributed by atoms with Crippen molar-refractivity contribution in [3.63, 3.8) is 0 Å². The van der Waals surface area contributed by atoms with Crippen molar-refractivity contribution in [1.82, 2.24) is 10.3 Å². The molecule has 2 amide bonds.